The number of anilines is 2. The van der Waals surface area contributed by atoms with Crippen LogP contribution in [0.1, 0.15) is 12.5 Å². The van der Waals surface area contributed by atoms with Crippen LogP contribution in [0.3, 0.4) is 0 Å². The minimum absolute atomic E-state index is 0.160. The van der Waals surface area contributed by atoms with E-state index in [1.54, 1.807) is 36.4 Å². The Hall–Kier alpha value is -3.30. The van der Waals surface area contributed by atoms with Crippen LogP contribution in [-0.2, 0) is 4.79 Å². The highest BCUT2D eigenvalue weighted by molar-refractivity contribution is 5.93. The van der Waals surface area contributed by atoms with Gasteiger partial charge in [0.1, 0.15) is 23.9 Å². The Bertz CT molecular complexity index is 682. The Kier molecular flexibility index (Phi) is 4.86. The molecular formula is C14H11N5O. The van der Waals surface area contributed by atoms with Crippen LogP contribution in [0.25, 0.3) is 0 Å². The number of nitrogens with one attached hydrogen (secondary N) is 2. The first-order valence-corrected chi connectivity index (χ1v) is 5.61. The highest BCUT2D eigenvalue weighted by atomic mass is 16.1. The summed E-state index contributed by atoms with van der Waals surface area (Å²) in [5.41, 5.74) is 1.33. The third-order valence-electron chi connectivity index (χ3n) is 2.33. The van der Waals surface area contributed by atoms with Gasteiger partial charge in [-0.1, -0.05) is 6.07 Å². The largest absolute Gasteiger partial charge is 0.343 e. The van der Waals surface area contributed by atoms with Gasteiger partial charge in [0.05, 0.1) is 11.4 Å². The summed E-state index contributed by atoms with van der Waals surface area (Å²) in [6.07, 6.45) is 0. The van der Waals surface area contributed by atoms with E-state index < -0.39 is 0 Å². The van der Waals surface area contributed by atoms with Gasteiger partial charge in [0, 0.05) is 6.92 Å². The topological polar surface area (TPSA) is 112 Å². The third kappa shape index (κ3) is 3.60. The Morgan fingerprint density at radius 3 is 2.20 bits per heavy atom. The summed E-state index contributed by atoms with van der Waals surface area (Å²) in [7, 11) is 0. The van der Waals surface area contributed by atoms with Crippen molar-refractivity contribution in [2.45, 2.75) is 13.8 Å². The second kappa shape index (κ2) is 6.58. The van der Waals surface area contributed by atoms with E-state index in [0.29, 0.717) is 11.4 Å². The third-order valence-corrected chi connectivity index (χ3v) is 2.33. The molecule has 0 aliphatic carbocycles. The molecule has 0 spiro atoms. The Labute approximate surface area is 116 Å². The van der Waals surface area contributed by atoms with Gasteiger partial charge < -0.3 is 10.6 Å². The van der Waals surface area contributed by atoms with E-state index in [-0.39, 0.29) is 17.2 Å². The number of hydrogen-bond donors (Lipinski definition) is 2. The lowest BCUT2D eigenvalue weighted by atomic mass is 10.1. The summed E-state index contributed by atoms with van der Waals surface area (Å²) in [5, 5.41) is 31.9. The van der Waals surface area contributed by atoms with Crippen LogP contribution in [0.4, 0.5) is 11.4 Å². The SMILES string of the molecule is CC(=O)Nc1ccc(C)cc1NC(C#N)=C(C#N)C#N. The van der Waals surface area contributed by atoms with Crippen molar-refractivity contribution >= 4 is 17.3 Å². The quantitative estimate of drug-likeness (QED) is 0.813. The molecule has 6 nitrogen and oxygen atoms in total. The van der Waals surface area contributed by atoms with E-state index in [9.17, 15) is 4.79 Å². The average Bonchev–Trinajstić information content (AvgIpc) is 2.41. The number of aryl methyl sites for hydroxylation is 1. The van der Waals surface area contributed by atoms with Crippen LogP contribution < -0.4 is 10.6 Å². The van der Waals surface area contributed by atoms with E-state index in [2.05, 4.69) is 10.6 Å². The molecule has 98 valence electrons. The predicted molar refractivity (Wildman–Crippen MR) is 73.0 cm³/mol. The summed E-state index contributed by atoms with van der Waals surface area (Å²) >= 11 is 0. The molecule has 0 aliphatic rings. The average molecular weight is 265 g/mol. The van der Waals surface area contributed by atoms with Gasteiger partial charge >= 0.3 is 0 Å². The normalized spacial score (nSPS) is 8.55. The fraction of sp³-hybridized carbons (Fsp3) is 0.143. The zero-order chi connectivity index (χ0) is 15.1. The Morgan fingerprint density at radius 2 is 1.70 bits per heavy atom. The van der Waals surface area contributed by atoms with Crippen molar-refractivity contribution in [1.82, 2.24) is 0 Å². The van der Waals surface area contributed by atoms with E-state index in [1.807, 2.05) is 6.92 Å². The Balaban J connectivity index is 3.27. The minimum Gasteiger partial charge on any atom is -0.343 e. The molecule has 0 fully saturated rings. The molecular weight excluding hydrogens is 254 g/mol. The van der Waals surface area contributed by atoms with Crippen molar-refractivity contribution in [1.29, 1.82) is 15.8 Å². The molecule has 0 unspecified atom stereocenters. The molecule has 1 aromatic rings. The molecule has 0 saturated carbocycles. The summed E-state index contributed by atoms with van der Waals surface area (Å²) in [4.78, 5) is 11.1. The smallest absolute Gasteiger partial charge is 0.221 e. The first-order chi connectivity index (χ1) is 9.51. The molecule has 6 heteroatoms. The number of allylic oxidation sites excluding steroid dienone is 2. The maximum absolute atomic E-state index is 11.1. The van der Waals surface area contributed by atoms with Gasteiger partial charge in [0.2, 0.25) is 5.91 Å². The number of benzene rings is 1. The molecule has 2 N–H and O–H groups in total. The number of rotatable bonds is 3. The molecule has 0 heterocycles. The fourth-order valence-corrected chi connectivity index (χ4v) is 1.48. The molecule has 0 radical (unpaired) electrons. The molecule has 20 heavy (non-hydrogen) atoms. The van der Waals surface area contributed by atoms with E-state index in [0.717, 1.165) is 5.56 Å². The van der Waals surface area contributed by atoms with Crippen LogP contribution in [0, 0.1) is 40.9 Å². The van der Waals surface area contributed by atoms with Crippen molar-refractivity contribution in [3.05, 3.63) is 35.0 Å². The van der Waals surface area contributed by atoms with E-state index in [4.69, 9.17) is 15.8 Å². The fourth-order valence-electron chi connectivity index (χ4n) is 1.48. The maximum Gasteiger partial charge on any atom is 0.221 e. The zero-order valence-corrected chi connectivity index (χ0v) is 11.0. The van der Waals surface area contributed by atoms with Crippen LogP contribution in [0.2, 0.25) is 0 Å². The van der Waals surface area contributed by atoms with Gasteiger partial charge in [-0.15, -0.1) is 0 Å². The van der Waals surface area contributed by atoms with Crippen molar-refractivity contribution in [3.63, 3.8) is 0 Å². The minimum atomic E-state index is -0.317. The highest BCUT2D eigenvalue weighted by Gasteiger charge is 2.10. The second-order valence-electron chi connectivity index (χ2n) is 3.94. The molecule has 1 rings (SSSR count). The van der Waals surface area contributed by atoms with Gasteiger partial charge in [0.25, 0.3) is 0 Å². The summed E-state index contributed by atoms with van der Waals surface area (Å²) in [6, 6.07) is 10.2. The van der Waals surface area contributed by atoms with Crippen molar-refractivity contribution in [3.8, 4) is 18.2 Å². The van der Waals surface area contributed by atoms with Gasteiger partial charge in [-0.25, -0.2) is 0 Å². The summed E-state index contributed by atoms with van der Waals surface area (Å²) in [5.74, 6) is -0.264. The van der Waals surface area contributed by atoms with Crippen molar-refractivity contribution in [2.75, 3.05) is 10.6 Å². The van der Waals surface area contributed by atoms with Gasteiger partial charge in [-0.3, -0.25) is 4.79 Å². The standard InChI is InChI=1S/C14H11N5O/c1-9-3-4-12(18-10(2)20)13(5-9)19-14(8-17)11(6-15)7-16/h3-5,19H,1-2H3,(H,18,20). The van der Waals surface area contributed by atoms with Crippen LogP contribution >= 0.6 is 0 Å². The molecule has 0 atom stereocenters. The Morgan fingerprint density at radius 1 is 1.05 bits per heavy atom. The summed E-state index contributed by atoms with van der Waals surface area (Å²) < 4.78 is 0. The van der Waals surface area contributed by atoms with Crippen molar-refractivity contribution in [2.24, 2.45) is 0 Å². The summed E-state index contributed by atoms with van der Waals surface area (Å²) in [6.45, 7) is 3.20. The molecule has 1 aromatic carbocycles. The molecule has 0 bridgehead atoms. The zero-order valence-electron chi connectivity index (χ0n) is 11.0. The lowest BCUT2D eigenvalue weighted by Crippen LogP contribution is -2.10. The first-order valence-electron chi connectivity index (χ1n) is 5.61. The maximum atomic E-state index is 11.1. The highest BCUT2D eigenvalue weighted by Crippen LogP contribution is 2.25. The lowest BCUT2D eigenvalue weighted by molar-refractivity contribution is -0.114. The first kappa shape index (κ1) is 14.8. The van der Waals surface area contributed by atoms with Gasteiger partial charge in [-0.2, -0.15) is 15.8 Å². The number of hydrogen-bond acceptors (Lipinski definition) is 5. The predicted octanol–water partition coefficient (Wildman–Crippen LogP) is 2.19. The number of amides is 1. The van der Waals surface area contributed by atoms with Gasteiger partial charge in [0.15, 0.2) is 5.57 Å². The molecule has 0 aliphatic heterocycles. The number of carbonyl (C=O) groups excluding carboxylic acids is 1. The van der Waals surface area contributed by atoms with Crippen LogP contribution in [0.5, 0.6) is 0 Å². The van der Waals surface area contributed by atoms with Crippen molar-refractivity contribution < 1.29 is 4.79 Å². The lowest BCUT2D eigenvalue weighted by Gasteiger charge is -2.12. The second-order valence-corrected chi connectivity index (χ2v) is 3.94. The molecule has 1 amide bonds. The van der Waals surface area contributed by atoms with E-state index >= 15 is 0 Å². The number of nitriles is 3. The molecule has 0 saturated heterocycles. The van der Waals surface area contributed by atoms with Crippen LogP contribution in [0.15, 0.2) is 29.5 Å². The monoisotopic (exact) mass is 265 g/mol. The molecule has 0 aromatic heterocycles. The number of carbonyl (C=O) groups is 1. The van der Waals surface area contributed by atoms with E-state index in [1.165, 1.54) is 6.92 Å². The van der Waals surface area contributed by atoms with Gasteiger partial charge in [-0.05, 0) is 24.6 Å². The number of nitrogens with zero attached hydrogens (tertiary/aromatic N) is 3. The van der Waals surface area contributed by atoms with Crippen LogP contribution in [-0.4, -0.2) is 5.91 Å².